The first-order valence-corrected chi connectivity index (χ1v) is 7.82. The molecule has 23 heavy (non-hydrogen) atoms. The number of fused-ring (bicyclic) bond motifs is 1. The Bertz CT molecular complexity index is 816. The van der Waals surface area contributed by atoms with Gasteiger partial charge in [0, 0.05) is 42.0 Å². The van der Waals surface area contributed by atoms with Crippen molar-refractivity contribution in [1.82, 2.24) is 9.88 Å². The molecule has 1 fully saturated rings. The number of carboxylic acids is 1. The molecule has 1 aliphatic carbocycles. The van der Waals surface area contributed by atoms with Crippen LogP contribution in [0.1, 0.15) is 23.7 Å². The number of rotatable bonds is 3. The molecule has 1 aromatic heterocycles. The van der Waals surface area contributed by atoms with Gasteiger partial charge in [-0.15, -0.1) is 0 Å². The van der Waals surface area contributed by atoms with Crippen LogP contribution in [0.3, 0.4) is 0 Å². The highest BCUT2D eigenvalue weighted by Gasteiger charge is 2.18. The second kappa shape index (κ2) is 6.42. The van der Waals surface area contributed by atoms with Gasteiger partial charge in [0.15, 0.2) is 0 Å². The van der Waals surface area contributed by atoms with Crippen molar-refractivity contribution in [1.29, 1.82) is 0 Å². The van der Waals surface area contributed by atoms with E-state index in [4.69, 9.17) is 9.84 Å². The van der Waals surface area contributed by atoms with Crippen molar-refractivity contribution in [3.63, 3.8) is 0 Å². The number of H-pyrrole nitrogens is 1. The van der Waals surface area contributed by atoms with Gasteiger partial charge in [0.1, 0.15) is 5.56 Å². The molecule has 1 aromatic rings. The van der Waals surface area contributed by atoms with E-state index in [1.165, 1.54) is 6.20 Å². The van der Waals surface area contributed by atoms with Crippen LogP contribution < -0.4 is 16.0 Å². The molecular weight excluding hydrogens is 296 g/mol. The summed E-state index contributed by atoms with van der Waals surface area (Å²) in [5, 5.41) is 10.2. The van der Waals surface area contributed by atoms with Crippen LogP contribution in [0, 0.1) is 5.92 Å². The minimum absolute atomic E-state index is 0.107. The summed E-state index contributed by atoms with van der Waals surface area (Å²) in [6, 6.07) is 0. The monoisotopic (exact) mass is 316 g/mol. The number of nitrogens with one attached hydrogen (secondary N) is 1. The van der Waals surface area contributed by atoms with Gasteiger partial charge in [-0.3, -0.25) is 4.79 Å². The number of hydrogen-bond donors (Lipinski definition) is 2. The van der Waals surface area contributed by atoms with Crippen LogP contribution in [0.5, 0.6) is 0 Å². The molecular formula is C17H20N2O4. The highest BCUT2D eigenvalue weighted by molar-refractivity contribution is 5.87. The number of aromatic nitrogens is 1. The van der Waals surface area contributed by atoms with E-state index in [9.17, 15) is 9.59 Å². The number of ether oxygens (including phenoxy) is 1. The SMILES string of the molecule is CCC1C=c2c([nH]cc(C(=O)O)c2=O)=CC1=CN1CCOCC1. The summed E-state index contributed by atoms with van der Waals surface area (Å²) in [4.78, 5) is 28.6. The molecule has 1 unspecified atom stereocenters. The quantitative estimate of drug-likeness (QED) is 0.813. The van der Waals surface area contributed by atoms with Crippen LogP contribution in [0.4, 0.5) is 0 Å². The van der Waals surface area contributed by atoms with E-state index in [2.05, 4.69) is 23.0 Å². The Morgan fingerprint density at radius 2 is 2.22 bits per heavy atom. The lowest BCUT2D eigenvalue weighted by atomic mass is 9.91. The first-order valence-electron chi connectivity index (χ1n) is 7.82. The highest BCUT2D eigenvalue weighted by Crippen LogP contribution is 2.20. The van der Waals surface area contributed by atoms with Crippen LogP contribution in [-0.4, -0.2) is 47.3 Å². The number of carbonyl (C=O) groups is 1. The number of aromatic carboxylic acids is 1. The van der Waals surface area contributed by atoms with Gasteiger partial charge >= 0.3 is 5.97 Å². The Morgan fingerprint density at radius 3 is 2.87 bits per heavy atom. The molecule has 1 aliphatic heterocycles. The van der Waals surface area contributed by atoms with Gasteiger partial charge in [-0.25, -0.2) is 4.79 Å². The lowest BCUT2D eigenvalue weighted by Gasteiger charge is -2.27. The fourth-order valence-electron chi connectivity index (χ4n) is 2.98. The number of allylic oxidation sites excluding steroid dienone is 1. The van der Waals surface area contributed by atoms with Crippen molar-refractivity contribution < 1.29 is 14.6 Å². The number of hydrogen-bond acceptors (Lipinski definition) is 4. The van der Waals surface area contributed by atoms with E-state index in [1.807, 2.05) is 12.2 Å². The van der Waals surface area contributed by atoms with Gasteiger partial charge in [-0.05, 0) is 18.1 Å². The van der Waals surface area contributed by atoms with E-state index < -0.39 is 11.4 Å². The van der Waals surface area contributed by atoms with Gasteiger partial charge in [0.05, 0.1) is 13.2 Å². The molecule has 0 bridgehead atoms. The molecule has 3 rings (SSSR count). The fourth-order valence-corrected chi connectivity index (χ4v) is 2.98. The number of pyridine rings is 1. The zero-order valence-electron chi connectivity index (χ0n) is 13.0. The van der Waals surface area contributed by atoms with Gasteiger partial charge in [-0.2, -0.15) is 0 Å². The maximum absolute atomic E-state index is 12.3. The average Bonchev–Trinajstić information content (AvgIpc) is 2.55. The third-order valence-electron chi connectivity index (χ3n) is 4.31. The molecule has 0 spiro atoms. The van der Waals surface area contributed by atoms with Crippen LogP contribution in [-0.2, 0) is 4.74 Å². The first-order chi connectivity index (χ1) is 11.1. The molecule has 0 amide bonds. The molecule has 2 heterocycles. The smallest absolute Gasteiger partial charge is 0.341 e. The highest BCUT2D eigenvalue weighted by atomic mass is 16.5. The molecule has 2 N–H and O–H groups in total. The second-order valence-electron chi connectivity index (χ2n) is 5.77. The Hall–Kier alpha value is -2.34. The van der Waals surface area contributed by atoms with E-state index >= 15 is 0 Å². The minimum Gasteiger partial charge on any atom is -0.477 e. The van der Waals surface area contributed by atoms with E-state index in [1.54, 1.807) is 0 Å². The molecule has 0 radical (unpaired) electrons. The molecule has 122 valence electrons. The Balaban J connectivity index is 2.08. The molecule has 6 nitrogen and oxygen atoms in total. The zero-order valence-corrected chi connectivity index (χ0v) is 13.0. The van der Waals surface area contributed by atoms with Crippen molar-refractivity contribution in [3.8, 4) is 0 Å². The molecule has 1 saturated heterocycles. The van der Waals surface area contributed by atoms with Crippen molar-refractivity contribution >= 4 is 18.1 Å². The third-order valence-corrected chi connectivity index (χ3v) is 4.31. The molecule has 0 aromatic carbocycles. The lowest BCUT2D eigenvalue weighted by molar-refractivity contribution is 0.0590. The largest absolute Gasteiger partial charge is 0.477 e. The summed E-state index contributed by atoms with van der Waals surface area (Å²) >= 11 is 0. The van der Waals surface area contributed by atoms with E-state index in [0.717, 1.165) is 38.3 Å². The molecule has 0 saturated carbocycles. The Morgan fingerprint density at radius 1 is 1.48 bits per heavy atom. The first kappa shape index (κ1) is 15.6. The topological polar surface area (TPSA) is 82.6 Å². The predicted octanol–water partition coefficient (Wildman–Crippen LogP) is -0.110. The lowest BCUT2D eigenvalue weighted by Crippen LogP contribution is -2.46. The summed E-state index contributed by atoms with van der Waals surface area (Å²) in [6.45, 7) is 5.21. The molecule has 1 atom stereocenters. The summed E-state index contributed by atoms with van der Waals surface area (Å²) < 4.78 is 5.36. The average molecular weight is 316 g/mol. The third kappa shape index (κ3) is 3.07. The van der Waals surface area contributed by atoms with Gasteiger partial charge < -0.3 is 19.7 Å². The Kier molecular flexibility index (Phi) is 4.34. The van der Waals surface area contributed by atoms with Crippen LogP contribution in [0.2, 0.25) is 0 Å². The van der Waals surface area contributed by atoms with Crippen molar-refractivity contribution in [2.45, 2.75) is 13.3 Å². The summed E-state index contributed by atoms with van der Waals surface area (Å²) in [7, 11) is 0. The van der Waals surface area contributed by atoms with Crippen molar-refractivity contribution in [3.05, 3.63) is 44.3 Å². The van der Waals surface area contributed by atoms with Crippen molar-refractivity contribution in [2.75, 3.05) is 26.3 Å². The Labute approximate surface area is 133 Å². The van der Waals surface area contributed by atoms with Gasteiger partial charge in [0.25, 0.3) is 0 Å². The number of carboxylic acid groups (broad SMARTS) is 1. The van der Waals surface area contributed by atoms with Crippen LogP contribution in [0.15, 0.2) is 22.8 Å². The second-order valence-corrected chi connectivity index (χ2v) is 5.77. The van der Waals surface area contributed by atoms with E-state index in [-0.39, 0.29) is 11.5 Å². The van der Waals surface area contributed by atoms with Crippen molar-refractivity contribution in [2.24, 2.45) is 5.92 Å². The summed E-state index contributed by atoms with van der Waals surface area (Å²) in [5.41, 5.74) is 0.482. The van der Waals surface area contributed by atoms with Crippen LogP contribution in [0.25, 0.3) is 12.2 Å². The number of aromatic amines is 1. The zero-order chi connectivity index (χ0) is 16.4. The maximum Gasteiger partial charge on any atom is 0.341 e. The minimum atomic E-state index is -1.20. The fraction of sp³-hybridized carbons (Fsp3) is 0.412. The van der Waals surface area contributed by atoms with E-state index in [0.29, 0.717) is 10.6 Å². The normalized spacial score (nSPS) is 22.2. The molecule has 2 aliphatic rings. The molecule has 6 heteroatoms. The standard InChI is InChI=1S/C17H20N2O4/c1-2-11-7-13-15(18-9-14(16(13)20)17(21)22)8-12(11)10-19-3-5-23-6-4-19/h7-11,18H,2-6H2,1H3,(H,21,22). The summed E-state index contributed by atoms with van der Waals surface area (Å²) in [6.07, 6.45) is 8.08. The van der Waals surface area contributed by atoms with Crippen LogP contribution >= 0.6 is 0 Å². The van der Waals surface area contributed by atoms with Gasteiger partial charge in [-0.1, -0.05) is 13.0 Å². The number of nitrogens with zero attached hydrogens (tertiary/aromatic N) is 1. The van der Waals surface area contributed by atoms with Gasteiger partial charge in [0.2, 0.25) is 5.43 Å². The predicted molar refractivity (Wildman–Crippen MR) is 86.5 cm³/mol. The maximum atomic E-state index is 12.3. The number of morpholine rings is 1. The summed E-state index contributed by atoms with van der Waals surface area (Å²) in [5.74, 6) is -1.10.